The van der Waals surface area contributed by atoms with E-state index in [9.17, 15) is 9.18 Å². The Morgan fingerprint density at radius 3 is 2.94 bits per heavy atom. The van der Waals surface area contributed by atoms with Gasteiger partial charge in [0.2, 0.25) is 0 Å². The highest BCUT2D eigenvalue weighted by Gasteiger charge is 2.23. The molecule has 0 aliphatic carbocycles. The minimum atomic E-state index is -0.691. The molecule has 0 bridgehead atoms. The van der Waals surface area contributed by atoms with E-state index in [0.29, 0.717) is 13.2 Å². The fourth-order valence-electron chi connectivity index (χ4n) is 1.56. The molecule has 0 atom stereocenters. The minimum absolute atomic E-state index is 0.0469. The molecule has 0 spiro atoms. The van der Waals surface area contributed by atoms with Crippen LogP contribution in [0.2, 0.25) is 5.02 Å². The first kappa shape index (κ1) is 11.4. The number of hydrogen-bond acceptors (Lipinski definition) is 2. The summed E-state index contributed by atoms with van der Waals surface area (Å²) < 4.78 is 13.6. The van der Waals surface area contributed by atoms with Gasteiger partial charge in [0, 0.05) is 6.54 Å². The van der Waals surface area contributed by atoms with Crippen molar-refractivity contribution in [3.05, 3.63) is 34.6 Å². The number of carbonyl (C=O) groups excluding carboxylic acids is 1. The Morgan fingerprint density at radius 1 is 1.44 bits per heavy atom. The lowest BCUT2D eigenvalue weighted by molar-refractivity contribution is -0.144. The number of hydrogen-bond donors (Lipinski definition) is 0. The molecule has 1 saturated heterocycles. The SMILES string of the molecule is O=C(c1cccc(Cl)c1F)N1CCCCO1. The third-order valence-corrected chi connectivity index (χ3v) is 2.70. The predicted molar refractivity (Wildman–Crippen MR) is 57.6 cm³/mol. The number of nitrogens with zero attached hydrogens (tertiary/aromatic N) is 1. The highest BCUT2D eigenvalue weighted by molar-refractivity contribution is 6.31. The van der Waals surface area contributed by atoms with E-state index in [0.717, 1.165) is 12.8 Å². The van der Waals surface area contributed by atoms with Crippen LogP contribution in [0.25, 0.3) is 0 Å². The summed E-state index contributed by atoms with van der Waals surface area (Å²) in [6.45, 7) is 0.985. The molecule has 0 unspecified atom stereocenters. The second kappa shape index (κ2) is 4.80. The zero-order valence-corrected chi connectivity index (χ0v) is 9.34. The van der Waals surface area contributed by atoms with Crippen LogP contribution in [0.5, 0.6) is 0 Å². The molecule has 16 heavy (non-hydrogen) atoms. The smallest absolute Gasteiger partial charge is 0.271 e. The molecule has 2 rings (SSSR count). The van der Waals surface area contributed by atoms with Crippen LogP contribution < -0.4 is 0 Å². The topological polar surface area (TPSA) is 29.5 Å². The van der Waals surface area contributed by atoms with Crippen molar-refractivity contribution < 1.29 is 14.0 Å². The zero-order chi connectivity index (χ0) is 11.5. The predicted octanol–water partition coefficient (Wildman–Crippen LogP) is 2.65. The molecule has 3 nitrogen and oxygen atoms in total. The Hall–Kier alpha value is -1.13. The first-order valence-corrected chi connectivity index (χ1v) is 5.47. The van der Waals surface area contributed by atoms with E-state index in [1.165, 1.54) is 17.2 Å². The van der Waals surface area contributed by atoms with Crippen molar-refractivity contribution in [2.75, 3.05) is 13.2 Å². The fourth-order valence-corrected chi connectivity index (χ4v) is 1.73. The van der Waals surface area contributed by atoms with Gasteiger partial charge in [0.05, 0.1) is 17.2 Å². The van der Waals surface area contributed by atoms with Crippen LogP contribution in [0.3, 0.4) is 0 Å². The third-order valence-electron chi connectivity index (χ3n) is 2.41. The molecule has 1 fully saturated rings. The van der Waals surface area contributed by atoms with E-state index in [2.05, 4.69) is 0 Å². The summed E-state index contributed by atoms with van der Waals surface area (Å²) in [6, 6.07) is 4.36. The molecule has 0 saturated carbocycles. The second-order valence-electron chi connectivity index (χ2n) is 3.55. The monoisotopic (exact) mass is 243 g/mol. The minimum Gasteiger partial charge on any atom is -0.271 e. The van der Waals surface area contributed by atoms with Gasteiger partial charge >= 0.3 is 0 Å². The molecule has 0 N–H and O–H groups in total. The summed E-state index contributed by atoms with van der Waals surface area (Å²) in [5.41, 5.74) is -0.0469. The number of halogens is 2. The lowest BCUT2D eigenvalue weighted by atomic mass is 10.2. The molecular formula is C11H11ClFNO2. The fraction of sp³-hybridized carbons (Fsp3) is 0.364. The van der Waals surface area contributed by atoms with Crippen molar-refractivity contribution in [2.45, 2.75) is 12.8 Å². The quantitative estimate of drug-likeness (QED) is 0.759. The first-order valence-electron chi connectivity index (χ1n) is 5.09. The van der Waals surface area contributed by atoms with Crippen molar-refractivity contribution in [1.82, 2.24) is 5.06 Å². The van der Waals surface area contributed by atoms with Gasteiger partial charge in [-0.1, -0.05) is 17.7 Å². The van der Waals surface area contributed by atoms with Crippen LogP contribution in [0.1, 0.15) is 23.2 Å². The Morgan fingerprint density at radius 2 is 2.25 bits per heavy atom. The third kappa shape index (κ3) is 2.18. The van der Waals surface area contributed by atoms with Gasteiger partial charge in [-0.2, -0.15) is 0 Å². The average Bonchev–Trinajstić information content (AvgIpc) is 2.33. The summed E-state index contributed by atoms with van der Waals surface area (Å²) in [5, 5.41) is 1.14. The van der Waals surface area contributed by atoms with Crippen LogP contribution in [0.15, 0.2) is 18.2 Å². The molecule has 1 aromatic rings. The summed E-state index contributed by atoms with van der Waals surface area (Å²) in [7, 11) is 0. The van der Waals surface area contributed by atoms with E-state index in [4.69, 9.17) is 16.4 Å². The Labute approximate surface area is 97.7 Å². The normalized spacial score (nSPS) is 16.2. The summed E-state index contributed by atoms with van der Waals surface area (Å²) in [5.74, 6) is -1.16. The highest BCUT2D eigenvalue weighted by atomic mass is 35.5. The van der Waals surface area contributed by atoms with E-state index in [1.54, 1.807) is 6.07 Å². The van der Waals surface area contributed by atoms with Gasteiger partial charge in [-0.3, -0.25) is 9.63 Å². The van der Waals surface area contributed by atoms with Gasteiger partial charge in [0.15, 0.2) is 5.82 Å². The zero-order valence-electron chi connectivity index (χ0n) is 8.58. The number of carbonyl (C=O) groups is 1. The van der Waals surface area contributed by atoms with Crippen LogP contribution in [-0.2, 0) is 4.84 Å². The molecule has 1 amide bonds. The van der Waals surface area contributed by atoms with Crippen LogP contribution in [0.4, 0.5) is 4.39 Å². The second-order valence-corrected chi connectivity index (χ2v) is 3.96. The van der Waals surface area contributed by atoms with Gasteiger partial charge < -0.3 is 0 Å². The maximum atomic E-state index is 13.6. The number of hydroxylamine groups is 2. The Bertz CT molecular complexity index is 405. The lowest BCUT2D eigenvalue weighted by Gasteiger charge is -2.25. The lowest BCUT2D eigenvalue weighted by Crippen LogP contribution is -2.36. The van der Waals surface area contributed by atoms with E-state index >= 15 is 0 Å². The van der Waals surface area contributed by atoms with Gasteiger partial charge in [0.25, 0.3) is 5.91 Å². The Balaban J connectivity index is 2.22. The average molecular weight is 244 g/mol. The van der Waals surface area contributed by atoms with E-state index in [-0.39, 0.29) is 10.6 Å². The maximum absolute atomic E-state index is 13.6. The summed E-state index contributed by atoms with van der Waals surface area (Å²) in [4.78, 5) is 17.0. The molecule has 0 radical (unpaired) electrons. The summed E-state index contributed by atoms with van der Waals surface area (Å²) in [6.07, 6.45) is 1.79. The molecular weight excluding hydrogens is 233 g/mol. The standard InChI is InChI=1S/C11H11ClFNO2/c12-9-5-3-4-8(10(9)13)11(15)14-6-1-2-7-16-14/h3-5H,1-2,6-7H2. The molecule has 1 heterocycles. The molecule has 86 valence electrons. The Kier molecular flexibility index (Phi) is 3.41. The number of benzene rings is 1. The van der Waals surface area contributed by atoms with Crippen LogP contribution >= 0.6 is 11.6 Å². The molecule has 5 heteroatoms. The van der Waals surface area contributed by atoms with Gasteiger partial charge in [-0.25, -0.2) is 9.45 Å². The van der Waals surface area contributed by atoms with Crippen LogP contribution in [0, 0.1) is 5.82 Å². The van der Waals surface area contributed by atoms with Gasteiger partial charge in [0.1, 0.15) is 0 Å². The van der Waals surface area contributed by atoms with Crippen molar-refractivity contribution in [2.24, 2.45) is 0 Å². The largest absolute Gasteiger partial charge is 0.280 e. The van der Waals surface area contributed by atoms with Crippen molar-refractivity contribution in [3.63, 3.8) is 0 Å². The first-order chi connectivity index (χ1) is 7.70. The molecule has 1 aliphatic rings. The van der Waals surface area contributed by atoms with E-state index < -0.39 is 11.7 Å². The number of rotatable bonds is 1. The van der Waals surface area contributed by atoms with Crippen molar-refractivity contribution in [1.29, 1.82) is 0 Å². The van der Waals surface area contributed by atoms with Gasteiger partial charge in [-0.15, -0.1) is 0 Å². The number of amides is 1. The molecule has 1 aliphatic heterocycles. The van der Waals surface area contributed by atoms with Crippen molar-refractivity contribution >= 4 is 17.5 Å². The van der Waals surface area contributed by atoms with Crippen molar-refractivity contribution in [3.8, 4) is 0 Å². The summed E-state index contributed by atoms with van der Waals surface area (Å²) >= 11 is 5.61. The van der Waals surface area contributed by atoms with E-state index in [1.807, 2.05) is 0 Å². The maximum Gasteiger partial charge on any atom is 0.280 e. The molecule has 1 aromatic carbocycles. The van der Waals surface area contributed by atoms with Crippen LogP contribution in [-0.4, -0.2) is 24.1 Å². The molecule has 0 aromatic heterocycles. The highest BCUT2D eigenvalue weighted by Crippen LogP contribution is 2.20. The van der Waals surface area contributed by atoms with Gasteiger partial charge in [-0.05, 0) is 25.0 Å².